The fourth-order valence-corrected chi connectivity index (χ4v) is 1.79. The molecule has 0 saturated carbocycles. The van der Waals surface area contributed by atoms with E-state index in [9.17, 15) is 0 Å². The fourth-order valence-electron chi connectivity index (χ4n) is 1.67. The van der Waals surface area contributed by atoms with Gasteiger partial charge < -0.3 is 20.5 Å². The summed E-state index contributed by atoms with van der Waals surface area (Å²) in [5.41, 5.74) is 7.73. The SMILES string of the molecule is COc1ccc(Nc2ccc(C(N)=S)nc2)c(OC)c1. The molecule has 1 aromatic heterocycles. The smallest absolute Gasteiger partial charge is 0.145 e. The van der Waals surface area contributed by atoms with Crippen molar-refractivity contribution < 1.29 is 9.47 Å². The van der Waals surface area contributed by atoms with Crippen molar-refractivity contribution in [2.75, 3.05) is 19.5 Å². The maximum atomic E-state index is 5.51. The van der Waals surface area contributed by atoms with Gasteiger partial charge in [-0.3, -0.25) is 4.98 Å². The Kier molecular flexibility index (Phi) is 4.37. The molecule has 0 aliphatic rings. The zero-order valence-electron chi connectivity index (χ0n) is 11.2. The molecule has 104 valence electrons. The van der Waals surface area contributed by atoms with Crippen LogP contribution >= 0.6 is 12.2 Å². The monoisotopic (exact) mass is 289 g/mol. The molecule has 0 saturated heterocycles. The maximum absolute atomic E-state index is 5.51. The Morgan fingerprint density at radius 2 is 2.00 bits per heavy atom. The van der Waals surface area contributed by atoms with Crippen molar-refractivity contribution in [1.29, 1.82) is 0 Å². The fraction of sp³-hybridized carbons (Fsp3) is 0.143. The van der Waals surface area contributed by atoms with Gasteiger partial charge in [0.25, 0.3) is 0 Å². The average molecular weight is 289 g/mol. The second kappa shape index (κ2) is 6.21. The van der Waals surface area contributed by atoms with Crippen LogP contribution in [0.25, 0.3) is 0 Å². The van der Waals surface area contributed by atoms with E-state index in [1.54, 1.807) is 32.5 Å². The van der Waals surface area contributed by atoms with E-state index in [1.807, 2.05) is 18.2 Å². The third kappa shape index (κ3) is 3.16. The van der Waals surface area contributed by atoms with Gasteiger partial charge in [-0.05, 0) is 24.3 Å². The van der Waals surface area contributed by atoms with Gasteiger partial charge in [0.15, 0.2) is 0 Å². The van der Waals surface area contributed by atoms with Crippen LogP contribution in [-0.4, -0.2) is 24.2 Å². The summed E-state index contributed by atoms with van der Waals surface area (Å²) in [5, 5.41) is 3.21. The molecule has 0 aliphatic heterocycles. The lowest BCUT2D eigenvalue weighted by molar-refractivity contribution is 0.395. The summed E-state index contributed by atoms with van der Waals surface area (Å²) in [6.45, 7) is 0. The molecule has 0 fully saturated rings. The van der Waals surface area contributed by atoms with Gasteiger partial charge in [0.1, 0.15) is 16.5 Å². The van der Waals surface area contributed by atoms with Crippen LogP contribution in [0.3, 0.4) is 0 Å². The van der Waals surface area contributed by atoms with Crippen LogP contribution in [0.1, 0.15) is 5.69 Å². The number of methoxy groups -OCH3 is 2. The number of benzene rings is 1. The minimum Gasteiger partial charge on any atom is -0.497 e. The molecular formula is C14H15N3O2S. The maximum Gasteiger partial charge on any atom is 0.145 e. The summed E-state index contributed by atoms with van der Waals surface area (Å²) in [6.07, 6.45) is 1.66. The topological polar surface area (TPSA) is 69.4 Å². The first kappa shape index (κ1) is 14.1. The first-order valence-electron chi connectivity index (χ1n) is 5.89. The standard InChI is InChI=1S/C14H15N3O2S/c1-18-10-4-6-11(13(7-10)19-2)17-9-3-5-12(14(15)20)16-8-9/h3-8,17H,1-2H3,(H2,15,20). The van der Waals surface area contributed by atoms with Crippen LogP contribution < -0.4 is 20.5 Å². The first-order chi connectivity index (χ1) is 9.63. The van der Waals surface area contributed by atoms with E-state index in [2.05, 4.69) is 10.3 Å². The van der Waals surface area contributed by atoms with Crippen molar-refractivity contribution in [3.05, 3.63) is 42.2 Å². The van der Waals surface area contributed by atoms with Gasteiger partial charge in [0, 0.05) is 6.07 Å². The number of hydrogen-bond donors (Lipinski definition) is 2. The quantitative estimate of drug-likeness (QED) is 0.824. The van der Waals surface area contributed by atoms with Gasteiger partial charge in [0.2, 0.25) is 0 Å². The van der Waals surface area contributed by atoms with Gasteiger partial charge in [-0.25, -0.2) is 0 Å². The third-order valence-electron chi connectivity index (χ3n) is 2.70. The van der Waals surface area contributed by atoms with Crippen LogP contribution in [0, 0.1) is 0 Å². The van der Waals surface area contributed by atoms with Crippen LogP contribution in [0.15, 0.2) is 36.5 Å². The van der Waals surface area contributed by atoms with Gasteiger partial charge in [-0.1, -0.05) is 12.2 Å². The number of thiocarbonyl (C=S) groups is 1. The van der Waals surface area contributed by atoms with Crippen molar-refractivity contribution >= 4 is 28.6 Å². The van der Waals surface area contributed by atoms with Gasteiger partial charge in [-0.15, -0.1) is 0 Å². The Balaban J connectivity index is 2.23. The van der Waals surface area contributed by atoms with E-state index in [-0.39, 0.29) is 4.99 Å². The summed E-state index contributed by atoms with van der Waals surface area (Å²) in [7, 11) is 3.22. The molecule has 0 amide bonds. The summed E-state index contributed by atoms with van der Waals surface area (Å²) < 4.78 is 10.5. The molecular weight excluding hydrogens is 274 g/mol. The number of nitrogens with zero attached hydrogens (tertiary/aromatic N) is 1. The van der Waals surface area contributed by atoms with E-state index in [1.165, 1.54) is 0 Å². The Bertz CT molecular complexity index is 614. The highest BCUT2D eigenvalue weighted by Crippen LogP contribution is 2.31. The molecule has 1 aromatic carbocycles. The van der Waals surface area contributed by atoms with Crippen molar-refractivity contribution in [2.24, 2.45) is 5.73 Å². The summed E-state index contributed by atoms with van der Waals surface area (Å²) in [6, 6.07) is 9.14. The van der Waals surface area contributed by atoms with Crippen molar-refractivity contribution in [2.45, 2.75) is 0 Å². The number of rotatable bonds is 5. The largest absolute Gasteiger partial charge is 0.497 e. The van der Waals surface area contributed by atoms with Crippen LogP contribution in [0.5, 0.6) is 11.5 Å². The van der Waals surface area contributed by atoms with E-state index >= 15 is 0 Å². The van der Waals surface area contributed by atoms with Gasteiger partial charge in [0.05, 0.1) is 37.5 Å². The summed E-state index contributed by atoms with van der Waals surface area (Å²) in [5.74, 6) is 1.41. The highest BCUT2D eigenvalue weighted by Gasteiger charge is 2.06. The Labute approximate surface area is 122 Å². The first-order valence-corrected chi connectivity index (χ1v) is 6.29. The highest BCUT2D eigenvalue weighted by molar-refractivity contribution is 7.80. The number of aromatic nitrogens is 1. The lowest BCUT2D eigenvalue weighted by Crippen LogP contribution is -2.11. The second-order valence-electron chi connectivity index (χ2n) is 3.99. The molecule has 2 rings (SSSR count). The molecule has 0 atom stereocenters. The minimum absolute atomic E-state index is 0.276. The Hall–Kier alpha value is -2.34. The molecule has 0 spiro atoms. The van der Waals surface area contributed by atoms with E-state index < -0.39 is 0 Å². The molecule has 0 bridgehead atoms. The number of anilines is 2. The van der Waals surface area contributed by atoms with Crippen LogP contribution in [0.4, 0.5) is 11.4 Å². The lowest BCUT2D eigenvalue weighted by Gasteiger charge is -2.12. The highest BCUT2D eigenvalue weighted by atomic mass is 32.1. The molecule has 20 heavy (non-hydrogen) atoms. The number of nitrogens with two attached hydrogens (primary N) is 1. The van der Waals surface area contributed by atoms with Crippen molar-refractivity contribution in [3.8, 4) is 11.5 Å². The van der Waals surface area contributed by atoms with E-state index in [0.717, 1.165) is 17.1 Å². The Morgan fingerprint density at radius 1 is 1.20 bits per heavy atom. The average Bonchev–Trinajstić information content (AvgIpc) is 2.48. The van der Waals surface area contributed by atoms with Crippen molar-refractivity contribution in [3.63, 3.8) is 0 Å². The van der Waals surface area contributed by atoms with Gasteiger partial charge in [-0.2, -0.15) is 0 Å². The number of pyridine rings is 1. The van der Waals surface area contributed by atoms with E-state index in [0.29, 0.717) is 11.4 Å². The predicted molar refractivity (Wildman–Crippen MR) is 83.0 cm³/mol. The van der Waals surface area contributed by atoms with Crippen LogP contribution in [0.2, 0.25) is 0 Å². The normalized spacial score (nSPS) is 9.90. The number of hydrogen-bond acceptors (Lipinski definition) is 5. The zero-order valence-corrected chi connectivity index (χ0v) is 12.0. The molecule has 0 unspecified atom stereocenters. The zero-order chi connectivity index (χ0) is 14.5. The second-order valence-corrected chi connectivity index (χ2v) is 4.43. The Morgan fingerprint density at radius 3 is 2.55 bits per heavy atom. The number of nitrogens with one attached hydrogen (secondary N) is 1. The summed E-state index contributed by atoms with van der Waals surface area (Å²) in [4.78, 5) is 4.45. The molecule has 5 nitrogen and oxygen atoms in total. The molecule has 6 heteroatoms. The summed E-state index contributed by atoms with van der Waals surface area (Å²) >= 11 is 4.86. The van der Waals surface area contributed by atoms with Crippen molar-refractivity contribution in [1.82, 2.24) is 4.98 Å². The lowest BCUT2D eigenvalue weighted by atomic mass is 10.2. The molecule has 3 N–H and O–H groups in total. The number of ether oxygens (including phenoxy) is 2. The minimum atomic E-state index is 0.276. The third-order valence-corrected chi connectivity index (χ3v) is 2.91. The molecule has 1 heterocycles. The van der Waals surface area contributed by atoms with Gasteiger partial charge >= 0.3 is 0 Å². The predicted octanol–water partition coefficient (Wildman–Crippen LogP) is 2.48. The molecule has 0 radical (unpaired) electrons. The molecule has 2 aromatic rings. The van der Waals surface area contributed by atoms with E-state index in [4.69, 9.17) is 27.4 Å². The molecule has 0 aliphatic carbocycles. The van der Waals surface area contributed by atoms with Crippen LogP contribution in [-0.2, 0) is 0 Å².